The lowest BCUT2D eigenvalue weighted by molar-refractivity contribution is -0.00306. The molecule has 1 aromatic rings. The molecule has 0 bridgehead atoms. The minimum atomic E-state index is -0.273. The number of anilines is 1. The van der Waals surface area contributed by atoms with Gasteiger partial charge in [0, 0.05) is 36.6 Å². The Morgan fingerprint density at radius 3 is 2.83 bits per heavy atom. The SMILES string of the molecule is CC1CCC(O)C(C2CCCCN2C(=O)Nc2ccncc2)C1. The van der Waals surface area contributed by atoms with E-state index in [0.29, 0.717) is 5.92 Å². The topological polar surface area (TPSA) is 65.5 Å². The number of hydrogen-bond acceptors (Lipinski definition) is 3. The number of likely N-dealkylation sites (tertiary alicyclic amines) is 1. The molecule has 1 aliphatic heterocycles. The molecule has 23 heavy (non-hydrogen) atoms. The van der Waals surface area contributed by atoms with Crippen LogP contribution in [0.15, 0.2) is 24.5 Å². The minimum Gasteiger partial charge on any atom is -0.393 e. The summed E-state index contributed by atoms with van der Waals surface area (Å²) in [5.74, 6) is 0.845. The van der Waals surface area contributed by atoms with Gasteiger partial charge < -0.3 is 15.3 Å². The van der Waals surface area contributed by atoms with Crippen LogP contribution in [0.5, 0.6) is 0 Å². The second kappa shape index (κ2) is 7.30. The van der Waals surface area contributed by atoms with Crippen molar-refractivity contribution in [1.29, 1.82) is 0 Å². The summed E-state index contributed by atoms with van der Waals surface area (Å²) in [6, 6.07) is 3.71. The standard InChI is InChI=1S/C18H27N3O2/c1-13-5-6-17(22)15(12-13)16-4-2-3-11-21(16)18(23)20-14-7-9-19-10-8-14/h7-10,13,15-17,22H,2-6,11-12H2,1H3,(H,19,20,23). The van der Waals surface area contributed by atoms with Crippen molar-refractivity contribution in [2.24, 2.45) is 11.8 Å². The molecular weight excluding hydrogens is 290 g/mol. The molecule has 2 fully saturated rings. The Morgan fingerprint density at radius 1 is 1.26 bits per heavy atom. The van der Waals surface area contributed by atoms with Crippen molar-refractivity contribution in [2.75, 3.05) is 11.9 Å². The van der Waals surface area contributed by atoms with Gasteiger partial charge in [-0.2, -0.15) is 0 Å². The van der Waals surface area contributed by atoms with Gasteiger partial charge in [0.25, 0.3) is 0 Å². The molecule has 1 saturated heterocycles. The third-order valence-corrected chi connectivity index (χ3v) is 5.36. The molecule has 5 nitrogen and oxygen atoms in total. The number of urea groups is 1. The highest BCUT2D eigenvalue weighted by Gasteiger charge is 2.39. The number of carbonyl (C=O) groups excluding carboxylic acids is 1. The van der Waals surface area contributed by atoms with E-state index in [1.165, 1.54) is 0 Å². The van der Waals surface area contributed by atoms with Gasteiger partial charge in [-0.15, -0.1) is 0 Å². The zero-order valence-corrected chi connectivity index (χ0v) is 13.8. The van der Waals surface area contributed by atoms with Gasteiger partial charge >= 0.3 is 6.03 Å². The highest BCUT2D eigenvalue weighted by molar-refractivity contribution is 5.89. The van der Waals surface area contributed by atoms with Crippen LogP contribution in [-0.4, -0.2) is 39.7 Å². The summed E-state index contributed by atoms with van der Waals surface area (Å²) in [4.78, 5) is 18.6. The summed E-state index contributed by atoms with van der Waals surface area (Å²) in [7, 11) is 0. The third kappa shape index (κ3) is 3.83. The van der Waals surface area contributed by atoms with E-state index in [1.54, 1.807) is 24.5 Å². The summed E-state index contributed by atoms with van der Waals surface area (Å²) in [6.45, 7) is 3.03. The average Bonchev–Trinajstić information content (AvgIpc) is 2.58. The van der Waals surface area contributed by atoms with Gasteiger partial charge in [-0.3, -0.25) is 4.98 Å². The number of amides is 2. The van der Waals surface area contributed by atoms with Crippen LogP contribution in [0.4, 0.5) is 10.5 Å². The summed E-state index contributed by atoms with van der Waals surface area (Å²) >= 11 is 0. The van der Waals surface area contributed by atoms with Crippen LogP contribution in [0.2, 0.25) is 0 Å². The Labute approximate surface area is 138 Å². The summed E-state index contributed by atoms with van der Waals surface area (Å²) in [5, 5.41) is 13.4. The number of piperidine rings is 1. The van der Waals surface area contributed by atoms with Crippen molar-refractivity contribution in [1.82, 2.24) is 9.88 Å². The van der Waals surface area contributed by atoms with Crippen molar-refractivity contribution in [3.63, 3.8) is 0 Å². The Morgan fingerprint density at radius 2 is 2.04 bits per heavy atom. The smallest absolute Gasteiger partial charge is 0.322 e. The van der Waals surface area contributed by atoms with E-state index in [2.05, 4.69) is 17.2 Å². The lowest BCUT2D eigenvalue weighted by Gasteiger charge is -2.44. The molecule has 1 saturated carbocycles. The summed E-state index contributed by atoms with van der Waals surface area (Å²) in [6.07, 6.45) is 9.23. The Balaban J connectivity index is 1.71. The molecule has 4 atom stereocenters. The summed E-state index contributed by atoms with van der Waals surface area (Å²) < 4.78 is 0. The van der Waals surface area contributed by atoms with E-state index in [1.807, 2.05) is 4.90 Å². The van der Waals surface area contributed by atoms with E-state index in [9.17, 15) is 9.90 Å². The maximum Gasteiger partial charge on any atom is 0.322 e. The van der Waals surface area contributed by atoms with Crippen LogP contribution in [0.1, 0.15) is 45.4 Å². The molecule has 5 heteroatoms. The fourth-order valence-corrected chi connectivity index (χ4v) is 4.11. The van der Waals surface area contributed by atoms with E-state index in [-0.39, 0.29) is 24.1 Å². The highest BCUT2D eigenvalue weighted by atomic mass is 16.3. The van der Waals surface area contributed by atoms with Crippen LogP contribution in [0, 0.1) is 11.8 Å². The molecule has 4 unspecified atom stereocenters. The Hall–Kier alpha value is -1.62. The fraction of sp³-hybridized carbons (Fsp3) is 0.667. The number of aliphatic hydroxyl groups excluding tert-OH is 1. The number of nitrogens with one attached hydrogen (secondary N) is 1. The Bertz CT molecular complexity index is 522. The van der Waals surface area contributed by atoms with Gasteiger partial charge in [-0.1, -0.05) is 6.92 Å². The first-order valence-corrected chi connectivity index (χ1v) is 8.81. The van der Waals surface area contributed by atoms with Gasteiger partial charge in [0.2, 0.25) is 0 Å². The van der Waals surface area contributed by atoms with E-state index < -0.39 is 0 Å². The van der Waals surface area contributed by atoms with Gasteiger partial charge in [-0.25, -0.2) is 4.79 Å². The molecule has 2 heterocycles. The van der Waals surface area contributed by atoms with Gasteiger partial charge in [0.15, 0.2) is 0 Å². The zero-order chi connectivity index (χ0) is 16.2. The molecular formula is C18H27N3O2. The van der Waals surface area contributed by atoms with Crippen LogP contribution >= 0.6 is 0 Å². The molecule has 0 spiro atoms. The second-order valence-corrected chi connectivity index (χ2v) is 7.07. The molecule has 2 amide bonds. The number of pyridine rings is 1. The van der Waals surface area contributed by atoms with Crippen LogP contribution in [0.3, 0.4) is 0 Å². The normalized spacial score (nSPS) is 31.7. The van der Waals surface area contributed by atoms with Crippen LogP contribution < -0.4 is 5.32 Å². The van der Waals surface area contributed by atoms with Crippen molar-refractivity contribution >= 4 is 11.7 Å². The Kier molecular flexibility index (Phi) is 5.16. The van der Waals surface area contributed by atoms with E-state index in [4.69, 9.17) is 0 Å². The first-order valence-electron chi connectivity index (χ1n) is 8.81. The lowest BCUT2D eigenvalue weighted by atomic mass is 9.74. The zero-order valence-electron chi connectivity index (χ0n) is 13.8. The molecule has 0 radical (unpaired) electrons. The molecule has 0 aromatic carbocycles. The van der Waals surface area contributed by atoms with E-state index in [0.717, 1.165) is 50.8 Å². The number of rotatable bonds is 2. The maximum absolute atomic E-state index is 12.7. The largest absolute Gasteiger partial charge is 0.393 e. The number of aliphatic hydroxyl groups is 1. The molecule has 126 valence electrons. The average molecular weight is 317 g/mol. The number of aromatic nitrogens is 1. The monoisotopic (exact) mass is 317 g/mol. The fourth-order valence-electron chi connectivity index (χ4n) is 4.11. The lowest BCUT2D eigenvalue weighted by Crippen LogP contribution is -2.53. The van der Waals surface area contributed by atoms with Crippen molar-refractivity contribution in [3.8, 4) is 0 Å². The quantitative estimate of drug-likeness (QED) is 0.880. The van der Waals surface area contributed by atoms with E-state index >= 15 is 0 Å². The first-order chi connectivity index (χ1) is 11.1. The molecule has 1 aromatic heterocycles. The first kappa shape index (κ1) is 16.2. The van der Waals surface area contributed by atoms with Crippen molar-refractivity contribution < 1.29 is 9.90 Å². The van der Waals surface area contributed by atoms with Crippen LogP contribution in [-0.2, 0) is 0 Å². The van der Waals surface area contributed by atoms with Gasteiger partial charge in [-0.05, 0) is 56.6 Å². The van der Waals surface area contributed by atoms with Gasteiger partial charge in [0.05, 0.1) is 6.10 Å². The third-order valence-electron chi connectivity index (χ3n) is 5.36. The predicted molar refractivity (Wildman–Crippen MR) is 90.1 cm³/mol. The maximum atomic E-state index is 12.7. The number of nitrogens with zero attached hydrogens (tertiary/aromatic N) is 2. The minimum absolute atomic E-state index is 0.0497. The summed E-state index contributed by atoms with van der Waals surface area (Å²) in [5.41, 5.74) is 0.770. The van der Waals surface area contributed by atoms with Crippen molar-refractivity contribution in [2.45, 2.75) is 57.6 Å². The van der Waals surface area contributed by atoms with Crippen LogP contribution in [0.25, 0.3) is 0 Å². The number of carbonyl (C=O) groups is 1. The highest BCUT2D eigenvalue weighted by Crippen LogP contribution is 2.36. The molecule has 2 N–H and O–H groups in total. The molecule has 3 rings (SSSR count). The second-order valence-electron chi connectivity index (χ2n) is 7.07. The molecule has 1 aliphatic carbocycles. The number of hydrogen-bond donors (Lipinski definition) is 2. The molecule has 2 aliphatic rings. The predicted octanol–water partition coefficient (Wildman–Crippen LogP) is 3.27. The van der Waals surface area contributed by atoms with Crippen molar-refractivity contribution in [3.05, 3.63) is 24.5 Å². The van der Waals surface area contributed by atoms with Gasteiger partial charge in [0.1, 0.15) is 0 Å².